The van der Waals surface area contributed by atoms with Gasteiger partial charge in [0, 0.05) is 21.9 Å². The molecule has 5 nitrogen and oxygen atoms in total. The lowest BCUT2D eigenvalue weighted by Crippen LogP contribution is -2.11. The molecule has 25 heavy (non-hydrogen) atoms. The predicted molar refractivity (Wildman–Crippen MR) is 84.8 cm³/mol. The van der Waals surface area contributed by atoms with Crippen LogP contribution in [-0.4, -0.2) is 19.6 Å². The fraction of sp³-hybridized carbons (Fsp3) is 0.0625. The number of alkyl halides is 3. The van der Waals surface area contributed by atoms with Gasteiger partial charge in [-0.25, -0.2) is 4.98 Å². The van der Waals surface area contributed by atoms with Crippen molar-refractivity contribution in [1.82, 2.24) is 19.6 Å². The largest absolute Gasteiger partial charge is 0.438 e. The lowest BCUT2D eigenvalue weighted by molar-refractivity contribution is -0.141. The SMILES string of the molecule is FC(F)(F)c1cc(Oc2ccc(Cl)c3ccccc23)n2ncnc2n1. The Labute approximate surface area is 143 Å². The normalized spacial score (nSPS) is 12.0. The van der Waals surface area contributed by atoms with E-state index in [1.54, 1.807) is 30.3 Å². The number of fused-ring (bicyclic) bond motifs is 2. The molecule has 0 radical (unpaired) electrons. The summed E-state index contributed by atoms with van der Waals surface area (Å²) in [5.41, 5.74) is -1.11. The number of aromatic nitrogens is 4. The molecule has 0 amide bonds. The van der Waals surface area contributed by atoms with Gasteiger partial charge >= 0.3 is 6.18 Å². The number of nitrogens with zero attached hydrogens (tertiary/aromatic N) is 4. The summed E-state index contributed by atoms with van der Waals surface area (Å²) in [5.74, 6) is -0.0125. The average Bonchev–Trinajstić information content (AvgIpc) is 3.06. The molecule has 0 N–H and O–H groups in total. The zero-order chi connectivity index (χ0) is 17.6. The van der Waals surface area contributed by atoms with Gasteiger partial charge in [0.25, 0.3) is 5.78 Å². The third-order valence-electron chi connectivity index (χ3n) is 3.55. The Morgan fingerprint density at radius 1 is 1.04 bits per heavy atom. The summed E-state index contributed by atoms with van der Waals surface area (Å²) < 4.78 is 46.0. The highest BCUT2D eigenvalue weighted by Crippen LogP contribution is 2.36. The Morgan fingerprint density at radius 3 is 2.56 bits per heavy atom. The molecular weight excluding hydrogens is 357 g/mol. The smallest absolute Gasteiger partial charge is 0.433 e. The Hall–Kier alpha value is -2.87. The maximum absolute atomic E-state index is 13.1. The van der Waals surface area contributed by atoms with Crippen LogP contribution in [0.3, 0.4) is 0 Å². The molecule has 0 saturated heterocycles. The Bertz CT molecular complexity index is 1090. The molecule has 2 aromatic heterocycles. The fourth-order valence-corrected chi connectivity index (χ4v) is 2.67. The van der Waals surface area contributed by atoms with Crippen LogP contribution in [0.4, 0.5) is 13.2 Å². The van der Waals surface area contributed by atoms with Crippen LogP contribution >= 0.6 is 11.6 Å². The molecule has 0 aliphatic heterocycles. The van der Waals surface area contributed by atoms with Crippen LogP contribution in [0.2, 0.25) is 5.02 Å². The molecule has 0 spiro atoms. The van der Waals surface area contributed by atoms with Crippen molar-refractivity contribution in [2.75, 3.05) is 0 Å². The molecule has 0 saturated carbocycles. The lowest BCUT2D eigenvalue weighted by Gasteiger charge is -2.12. The summed E-state index contributed by atoms with van der Waals surface area (Å²) in [6.45, 7) is 0. The summed E-state index contributed by atoms with van der Waals surface area (Å²) in [5, 5.41) is 5.76. The van der Waals surface area contributed by atoms with E-state index >= 15 is 0 Å². The number of halogens is 4. The number of hydrogen-bond donors (Lipinski definition) is 0. The van der Waals surface area contributed by atoms with Crippen LogP contribution < -0.4 is 4.74 Å². The molecule has 126 valence electrons. The maximum atomic E-state index is 13.1. The molecule has 0 atom stereocenters. The fourth-order valence-electron chi connectivity index (χ4n) is 2.44. The summed E-state index contributed by atoms with van der Waals surface area (Å²) in [6, 6.07) is 11.1. The Balaban J connectivity index is 1.89. The van der Waals surface area contributed by atoms with Gasteiger partial charge in [0.15, 0.2) is 5.69 Å². The highest BCUT2D eigenvalue weighted by molar-refractivity contribution is 6.35. The van der Waals surface area contributed by atoms with Crippen molar-refractivity contribution < 1.29 is 17.9 Å². The van der Waals surface area contributed by atoms with Crippen molar-refractivity contribution in [3.63, 3.8) is 0 Å². The quantitative estimate of drug-likeness (QED) is 0.515. The van der Waals surface area contributed by atoms with Gasteiger partial charge in [0.1, 0.15) is 12.1 Å². The zero-order valence-electron chi connectivity index (χ0n) is 12.3. The molecule has 2 aromatic carbocycles. The van der Waals surface area contributed by atoms with Gasteiger partial charge in [-0.15, -0.1) is 0 Å². The molecule has 0 bridgehead atoms. The molecule has 2 heterocycles. The van der Waals surface area contributed by atoms with E-state index in [1.165, 1.54) is 0 Å². The van der Waals surface area contributed by atoms with Crippen molar-refractivity contribution in [3.8, 4) is 11.6 Å². The van der Waals surface area contributed by atoms with E-state index in [1.807, 2.05) is 6.07 Å². The first-order valence-electron chi connectivity index (χ1n) is 7.06. The summed E-state index contributed by atoms with van der Waals surface area (Å²) in [7, 11) is 0. The highest BCUT2D eigenvalue weighted by Gasteiger charge is 2.34. The van der Waals surface area contributed by atoms with E-state index in [-0.39, 0.29) is 11.7 Å². The van der Waals surface area contributed by atoms with Gasteiger partial charge in [-0.2, -0.15) is 27.8 Å². The van der Waals surface area contributed by atoms with E-state index in [9.17, 15) is 13.2 Å². The minimum atomic E-state index is -4.63. The van der Waals surface area contributed by atoms with Gasteiger partial charge in [0.2, 0.25) is 5.88 Å². The van der Waals surface area contributed by atoms with Gasteiger partial charge in [-0.1, -0.05) is 35.9 Å². The number of hydrogen-bond acceptors (Lipinski definition) is 4. The first-order valence-corrected chi connectivity index (χ1v) is 7.44. The van der Waals surface area contributed by atoms with Crippen molar-refractivity contribution >= 4 is 28.2 Å². The average molecular weight is 365 g/mol. The number of rotatable bonds is 2. The molecule has 4 rings (SSSR count). The summed E-state index contributed by atoms with van der Waals surface area (Å²) in [4.78, 5) is 7.16. The van der Waals surface area contributed by atoms with Gasteiger partial charge in [-0.3, -0.25) is 0 Å². The topological polar surface area (TPSA) is 52.3 Å². The van der Waals surface area contributed by atoms with E-state index in [4.69, 9.17) is 16.3 Å². The molecule has 9 heteroatoms. The van der Waals surface area contributed by atoms with Crippen LogP contribution in [-0.2, 0) is 6.18 Å². The second-order valence-corrected chi connectivity index (χ2v) is 5.55. The highest BCUT2D eigenvalue weighted by atomic mass is 35.5. The summed E-state index contributed by atoms with van der Waals surface area (Å²) >= 11 is 6.15. The van der Waals surface area contributed by atoms with Crippen LogP contribution in [0, 0.1) is 0 Å². The van der Waals surface area contributed by atoms with Crippen LogP contribution in [0.1, 0.15) is 5.69 Å². The molecule has 0 aliphatic rings. The predicted octanol–water partition coefficient (Wildman–Crippen LogP) is 4.74. The Morgan fingerprint density at radius 2 is 1.80 bits per heavy atom. The number of benzene rings is 2. The second kappa shape index (κ2) is 5.59. The van der Waals surface area contributed by atoms with E-state index in [0.717, 1.165) is 22.3 Å². The minimum absolute atomic E-state index is 0.151. The molecule has 0 aliphatic carbocycles. The second-order valence-electron chi connectivity index (χ2n) is 5.14. The van der Waals surface area contributed by atoms with E-state index in [0.29, 0.717) is 16.2 Å². The van der Waals surface area contributed by atoms with Crippen molar-refractivity contribution in [3.05, 3.63) is 59.5 Å². The third kappa shape index (κ3) is 2.74. The van der Waals surface area contributed by atoms with Crippen LogP contribution in [0.25, 0.3) is 16.6 Å². The monoisotopic (exact) mass is 364 g/mol. The lowest BCUT2D eigenvalue weighted by atomic mass is 10.1. The Kier molecular flexibility index (Phi) is 3.50. The molecule has 0 unspecified atom stereocenters. The van der Waals surface area contributed by atoms with E-state index < -0.39 is 11.9 Å². The first kappa shape index (κ1) is 15.6. The minimum Gasteiger partial charge on any atom is -0.438 e. The first-order chi connectivity index (χ1) is 11.9. The summed E-state index contributed by atoms with van der Waals surface area (Å²) in [6.07, 6.45) is -3.52. The van der Waals surface area contributed by atoms with Crippen molar-refractivity contribution in [2.24, 2.45) is 0 Å². The zero-order valence-corrected chi connectivity index (χ0v) is 13.1. The molecule has 4 aromatic rings. The van der Waals surface area contributed by atoms with Crippen molar-refractivity contribution in [1.29, 1.82) is 0 Å². The third-order valence-corrected chi connectivity index (χ3v) is 3.88. The van der Waals surface area contributed by atoms with Gasteiger partial charge in [-0.05, 0) is 12.1 Å². The van der Waals surface area contributed by atoms with Gasteiger partial charge in [0.05, 0.1) is 0 Å². The van der Waals surface area contributed by atoms with Crippen LogP contribution in [0.5, 0.6) is 11.6 Å². The van der Waals surface area contributed by atoms with Crippen LogP contribution in [0.15, 0.2) is 48.8 Å². The molecule has 0 fully saturated rings. The van der Waals surface area contributed by atoms with Crippen molar-refractivity contribution in [2.45, 2.75) is 6.18 Å². The standard InChI is InChI=1S/C16H8ClF3N4O/c17-11-5-6-12(10-4-2-1-3-9(10)11)25-14-7-13(16(18,19)20)23-15-21-8-22-24(14)15/h1-8H. The van der Waals surface area contributed by atoms with Gasteiger partial charge < -0.3 is 4.74 Å². The number of ether oxygens (including phenoxy) is 1. The molecular formula is C16H8ClF3N4O. The van der Waals surface area contributed by atoms with E-state index in [2.05, 4.69) is 15.1 Å². The maximum Gasteiger partial charge on any atom is 0.433 e.